The highest BCUT2D eigenvalue weighted by molar-refractivity contribution is 5.94. The number of likely N-dealkylation sites (tertiary alicyclic amines) is 1. The van der Waals surface area contributed by atoms with Crippen molar-refractivity contribution in [2.45, 2.75) is 32.9 Å². The molecule has 0 saturated carbocycles. The average molecular weight is 336 g/mol. The second kappa shape index (κ2) is 8.30. The number of carbonyl (C=O) groups excluding carboxylic acids is 1. The van der Waals surface area contributed by atoms with Gasteiger partial charge >= 0.3 is 0 Å². The molecule has 25 heavy (non-hydrogen) atoms. The van der Waals surface area contributed by atoms with Crippen LogP contribution in [0.25, 0.3) is 0 Å². The fraction of sp³-hybridized carbons (Fsp3) is 0.409. The van der Waals surface area contributed by atoms with Gasteiger partial charge in [-0.3, -0.25) is 9.69 Å². The lowest BCUT2D eigenvalue weighted by atomic mass is 9.99. The summed E-state index contributed by atoms with van der Waals surface area (Å²) in [7, 11) is 1.86. The number of piperidine rings is 1. The molecular formula is C22H28N2O. The van der Waals surface area contributed by atoms with Crippen LogP contribution in [0.4, 0.5) is 0 Å². The number of rotatable bonds is 5. The van der Waals surface area contributed by atoms with Crippen LogP contribution in [0.1, 0.15) is 41.3 Å². The van der Waals surface area contributed by atoms with Crippen molar-refractivity contribution in [3.05, 3.63) is 71.3 Å². The summed E-state index contributed by atoms with van der Waals surface area (Å²) in [5.74, 6) is 0.929. The van der Waals surface area contributed by atoms with E-state index >= 15 is 0 Å². The molecule has 3 heteroatoms. The summed E-state index contributed by atoms with van der Waals surface area (Å²) >= 11 is 0. The van der Waals surface area contributed by atoms with Gasteiger partial charge in [0, 0.05) is 25.7 Å². The molecule has 0 spiro atoms. The number of benzene rings is 2. The van der Waals surface area contributed by atoms with Crippen LogP contribution in [-0.2, 0) is 13.1 Å². The lowest BCUT2D eigenvalue weighted by Gasteiger charge is -2.30. The lowest BCUT2D eigenvalue weighted by Crippen LogP contribution is -2.32. The first-order chi connectivity index (χ1) is 12.1. The fourth-order valence-electron chi connectivity index (χ4n) is 3.38. The quantitative estimate of drug-likeness (QED) is 0.817. The van der Waals surface area contributed by atoms with Gasteiger partial charge in [-0.2, -0.15) is 0 Å². The fourth-order valence-corrected chi connectivity index (χ4v) is 3.38. The zero-order valence-corrected chi connectivity index (χ0v) is 15.3. The Morgan fingerprint density at radius 1 is 1.00 bits per heavy atom. The maximum atomic E-state index is 12.6. The third kappa shape index (κ3) is 4.93. The molecule has 1 aliphatic heterocycles. The number of amides is 1. The van der Waals surface area contributed by atoms with E-state index in [1.807, 2.05) is 49.5 Å². The third-order valence-electron chi connectivity index (χ3n) is 5.09. The van der Waals surface area contributed by atoms with Gasteiger partial charge in [-0.05, 0) is 55.1 Å². The van der Waals surface area contributed by atoms with Gasteiger partial charge in [0.25, 0.3) is 5.91 Å². The summed E-state index contributed by atoms with van der Waals surface area (Å²) in [6, 6.07) is 18.2. The Bertz CT molecular complexity index is 673. The molecule has 2 aromatic rings. The first-order valence-corrected chi connectivity index (χ1v) is 9.22. The maximum Gasteiger partial charge on any atom is 0.253 e. The van der Waals surface area contributed by atoms with Gasteiger partial charge in [-0.1, -0.05) is 49.4 Å². The van der Waals surface area contributed by atoms with E-state index < -0.39 is 0 Å². The molecule has 0 radical (unpaired) electrons. The molecule has 0 unspecified atom stereocenters. The summed E-state index contributed by atoms with van der Waals surface area (Å²) < 4.78 is 0. The van der Waals surface area contributed by atoms with Crippen molar-refractivity contribution in [3.63, 3.8) is 0 Å². The number of nitrogens with zero attached hydrogens (tertiary/aromatic N) is 2. The summed E-state index contributed by atoms with van der Waals surface area (Å²) in [6.45, 7) is 6.32. The first-order valence-electron chi connectivity index (χ1n) is 9.22. The SMILES string of the molecule is CC1CCN(Cc2ccc(C(=O)N(C)Cc3ccccc3)cc2)CC1. The van der Waals surface area contributed by atoms with Crippen molar-refractivity contribution in [2.24, 2.45) is 5.92 Å². The topological polar surface area (TPSA) is 23.6 Å². The molecule has 1 aliphatic rings. The Morgan fingerprint density at radius 2 is 1.64 bits per heavy atom. The highest BCUT2D eigenvalue weighted by atomic mass is 16.2. The Kier molecular flexibility index (Phi) is 5.87. The number of hydrogen-bond donors (Lipinski definition) is 0. The van der Waals surface area contributed by atoms with Crippen molar-refractivity contribution in [1.82, 2.24) is 9.80 Å². The average Bonchev–Trinajstić information content (AvgIpc) is 2.64. The largest absolute Gasteiger partial charge is 0.337 e. The van der Waals surface area contributed by atoms with Gasteiger partial charge in [0.15, 0.2) is 0 Å². The van der Waals surface area contributed by atoms with Crippen molar-refractivity contribution in [2.75, 3.05) is 20.1 Å². The van der Waals surface area contributed by atoms with Gasteiger partial charge in [-0.15, -0.1) is 0 Å². The Labute approximate surface area is 151 Å². The molecule has 3 rings (SSSR count). The van der Waals surface area contributed by atoms with Crippen LogP contribution < -0.4 is 0 Å². The van der Waals surface area contributed by atoms with E-state index in [1.54, 1.807) is 4.90 Å². The van der Waals surface area contributed by atoms with Crippen LogP contribution in [0.3, 0.4) is 0 Å². The van der Waals surface area contributed by atoms with E-state index in [2.05, 4.69) is 24.0 Å². The van der Waals surface area contributed by atoms with Gasteiger partial charge in [0.1, 0.15) is 0 Å². The smallest absolute Gasteiger partial charge is 0.253 e. The van der Waals surface area contributed by atoms with E-state index in [9.17, 15) is 4.79 Å². The zero-order valence-electron chi connectivity index (χ0n) is 15.3. The zero-order chi connectivity index (χ0) is 17.6. The van der Waals surface area contributed by atoms with Crippen LogP contribution in [0, 0.1) is 5.92 Å². The number of carbonyl (C=O) groups is 1. The number of hydrogen-bond acceptors (Lipinski definition) is 2. The molecule has 0 atom stereocenters. The molecule has 1 fully saturated rings. The van der Waals surface area contributed by atoms with Crippen molar-refractivity contribution in [1.29, 1.82) is 0 Å². The molecule has 1 saturated heterocycles. The Hall–Kier alpha value is -2.13. The highest BCUT2D eigenvalue weighted by Gasteiger charge is 2.16. The minimum absolute atomic E-state index is 0.0715. The molecule has 1 amide bonds. The molecule has 0 N–H and O–H groups in total. The van der Waals surface area contributed by atoms with E-state index in [4.69, 9.17) is 0 Å². The van der Waals surface area contributed by atoms with Gasteiger partial charge < -0.3 is 4.90 Å². The van der Waals surface area contributed by atoms with Gasteiger partial charge in [-0.25, -0.2) is 0 Å². The van der Waals surface area contributed by atoms with Crippen LogP contribution >= 0.6 is 0 Å². The summed E-state index contributed by atoms with van der Waals surface area (Å²) in [6.07, 6.45) is 2.59. The molecule has 0 bridgehead atoms. The third-order valence-corrected chi connectivity index (χ3v) is 5.09. The summed E-state index contributed by atoms with van der Waals surface area (Å²) in [4.78, 5) is 16.9. The van der Waals surface area contributed by atoms with Crippen LogP contribution in [-0.4, -0.2) is 35.8 Å². The van der Waals surface area contributed by atoms with Gasteiger partial charge in [0.2, 0.25) is 0 Å². The molecule has 0 aliphatic carbocycles. The summed E-state index contributed by atoms with van der Waals surface area (Å²) in [5, 5.41) is 0. The van der Waals surface area contributed by atoms with Crippen molar-refractivity contribution < 1.29 is 4.79 Å². The predicted octanol–water partition coefficient (Wildman–Crippen LogP) is 4.19. The lowest BCUT2D eigenvalue weighted by molar-refractivity contribution is 0.0785. The van der Waals surface area contributed by atoms with Crippen LogP contribution in [0.15, 0.2) is 54.6 Å². The normalized spacial score (nSPS) is 15.9. The minimum Gasteiger partial charge on any atom is -0.337 e. The molecule has 3 nitrogen and oxygen atoms in total. The Balaban J connectivity index is 1.56. The molecule has 1 heterocycles. The van der Waals surface area contributed by atoms with Crippen molar-refractivity contribution in [3.8, 4) is 0 Å². The standard InChI is InChI=1S/C22H28N2O/c1-18-12-14-24(15-13-18)17-20-8-10-21(11-9-20)22(25)23(2)16-19-6-4-3-5-7-19/h3-11,18H,12-17H2,1-2H3. The van der Waals surface area contributed by atoms with E-state index in [-0.39, 0.29) is 5.91 Å². The monoisotopic (exact) mass is 336 g/mol. The predicted molar refractivity (Wildman–Crippen MR) is 102 cm³/mol. The van der Waals surface area contributed by atoms with E-state index in [0.717, 1.165) is 23.6 Å². The highest BCUT2D eigenvalue weighted by Crippen LogP contribution is 2.18. The maximum absolute atomic E-state index is 12.6. The second-order valence-electron chi connectivity index (χ2n) is 7.30. The summed E-state index contributed by atoms with van der Waals surface area (Å²) in [5.41, 5.74) is 3.19. The van der Waals surface area contributed by atoms with E-state index in [0.29, 0.717) is 6.54 Å². The van der Waals surface area contributed by atoms with Gasteiger partial charge in [0.05, 0.1) is 0 Å². The molecular weight excluding hydrogens is 308 g/mol. The van der Waals surface area contributed by atoms with Crippen LogP contribution in [0.2, 0.25) is 0 Å². The van der Waals surface area contributed by atoms with Crippen LogP contribution in [0.5, 0.6) is 0 Å². The minimum atomic E-state index is 0.0715. The second-order valence-corrected chi connectivity index (χ2v) is 7.30. The Morgan fingerprint density at radius 3 is 2.28 bits per heavy atom. The van der Waals surface area contributed by atoms with Crippen molar-refractivity contribution >= 4 is 5.91 Å². The molecule has 0 aromatic heterocycles. The van der Waals surface area contributed by atoms with E-state index in [1.165, 1.54) is 31.5 Å². The first kappa shape index (κ1) is 17.7. The molecule has 132 valence electrons. The molecule has 2 aromatic carbocycles.